The summed E-state index contributed by atoms with van der Waals surface area (Å²) in [5, 5.41) is 33.6. The number of aliphatic hydroxyl groups excluding tert-OH is 3. The first-order valence-corrected chi connectivity index (χ1v) is 38.5. The molecular formula is C84H93B3BrClF6N6O14. The second kappa shape index (κ2) is 36.2. The highest BCUT2D eigenvalue weighted by molar-refractivity contribution is 9.10. The zero-order valence-corrected chi connectivity index (χ0v) is 69.0. The Morgan fingerprint density at radius 1 is 0.409 bits per heavy atom. The molecule has 0 amide bonds. The second-order valence-corrected chi connectivity index (χ2v) is 32.1. The summed E-state index contributed by atoms with van der Waals surface area (Å²) >= 11 is 8.98. The maximum atomic E-state index is 15.0. The van der Waals surface area contributed by atoms with Gasteiger partial charge in [-0.2, -0.15) is 0 Å². The van der Waals surface area contributed by atoms with Gasteiger partial charge in [0.15, 0.2) is 0 Å². The van der Waals surface area contributed by atoms with Crippen LogP contribution in [-0.4, -0.2) is 164 Å². The van der Waals surface area contributed by atoms with Gasteiger partial charge in [0.25, 0.3) is 0 Å². The van der Waals surface area contributed by atoms with Crippen molar-refractivity contribution in [1.82, 2.24) is 19.9 Å². The molecule has 8 aromatic carbocycles. The third kappa shape index (κ3) is 19.9. The van der Waals surface area contributed by atoms with Crippen LogP contribution in [0, 0.1) is 34.9 Å². The molecule has 3 atom stereocenters. The van der Waals surface area contributed by atoms with E-state index in [0.717, 1.165) is 79.9 Å². The average Bonchev–Trinajstić information content (AvgIpc) is 1.70. The Labute approximate surface area is 680 Å². The van der Waals surface area contributed by atoms with Crippen LogP contribution in [0.15, 0.2) is 163 Å². The van der Waals surface area contributed by atoms with E-state index in [9.17, 15) is 41.7 Å². The molecule has 15 rings (SSSR count). The Morgan fingerprint density at radius 2 is 0.757 bits per heavy atom. The lowest BCUT2D eigenvalue weighted by molar-refractivity contribution is 0.00578. The summed E-state index contributed by atoms with van der Waals surface area (Å²) in [6.45, 7) is 29.9. The zero-order valence-electron chi connectivity index (χ0n) is 66.7. The Morgan fingerprint density at radius 3 is 1.17 bits per heavy atom. The molecule has 31 heteroatoms. The van der Waals surface area contributed by atoms with Crippen molar-refractivity contribution in [2.75, 3.05) is 83.7 Å². The predicted molar refractivity (Wildman–Crippen MR) is 435 cm³/mol. The fourth-order valence-corrected chi connectivity index (χ4v) is 13.4. The van der Waals surface area contributed by atoms with Crippen molar-refractivity contribution >= 4 is 87.3 Å². The molecule has 115 heavy (non-hydrogen) atoms. The largest absolute Gasteiger partial charge is 0.497 e. The first kappa shape index (κ1) is 87.4. The van der Waals surface area contributed by atoms with Gasteiger partial charge in [-0.3, -0.25) is 0 Å². The molecule has 0 bridgehead atoms. The van der Waals surface area contributed by atoms with E-state index in [2.05, 4.69) is 51.7 Å². The number of aliphatic hydroxyl groups is 3. The normalized spacial score (nSPS) is 18.4. The van der Waals surface area contributed by atoms with E-state index in [4.69, 9.17) is 63.2 Å². The van der Waals surface area contributed by atoms with E-state index in [-0.39, 0.29) is 54.6 Å². The van der Waals surface area contributed by atoms with Crippen LogP contribution in [0.2, 0.25) is 5.15 Å². The monoisotopic (exact) mass is 1670 g/mol. The van der Waals surface area contributed by atoms with Crippen LogP contribution in [0.25, 0.3) is 33.1 Å². The number of aromatic nitrogens is 4. The quantitative estimate of drug-likeness (QED) is 0.0399. The van der Waals surface area contributed by atoms with Crippen molar-refractivity contribution < 1.29 is 93.3 Å². The van der Waals surface area contributed by atoms with Crippen LogP contribution in [0.5, 0.6) is 17.2 Å². The van der Waals surface area contributed by atoms with Crippen LogP contribution >= 0.6 is 27.5 Å². The molecule has 7 heterocycles. The van der Waals surface area contributed by atoms with Crippen molar-refractivity contribution in [2.24, 2.45) is 0 Å². The van der Waals surface area contributed by atoms with E-state index >= 15 is 0 Å². The molecule has 0 radical (unpaired) electrons. The summed E-state index contributed by atoms with van der Waals surface area (Å²) in [5.41, 5.74) is 2.75. The number of fused-ring (bicyclic) bond motifs is 2. The summed E-state index contributed by atoms with van der Waals surface area (Å²) in [4.78, 5) is 21.4. The van der Waals surface area contributed by atoms with Gasteiger partial charge in [-0.25, -0.2) is 46.3 Å². The number of hydrogen-bond donors (Lipinski definition) is 3. The smallest absolute Gasteiger partial charge is 0.497 e. The molecule has 0 spiro atoms. The van der Waals surface area contributed by atoms with E-state index in [1.54, 1.807) is 72.8 Å². The molecule has 5 saturated heterocycles. The van der Waals surface area contributed by atoms with Crippen molar-refractivity contribution in [2.45, 2.75) is 135 Å². The van der Waals surface area contributed by atoms with Crippen LogP contribution in [0.1, 0.15) is 135 Å². The summed E-state index contributed by atoms with van der Waals surface area (Å²) in [7, 11) is 2.65. The highest BCUT2D eigenvalue weighted by Gasteiger charge is 2.64. The maximum Gasteiger partial charge on any atom is 0.497 e. The van der Waals surface area contributed by atoms with Gasteiger partial charge in [0, 0.05) is 94.2 Å². The van der Waals surface area contributed by atoms with Gasteiger partial charge in [0.1, 0.15) is 88.3 Å². The third-order valence-electron chi connectivity index (χ3n) is 21.9. The summed E-state index contributed by atoms with van der Waals surface area (Å²) in [6, 6.07) is 37.7. The lowest BCUT2D eigenvalue weighted by atomic mass is 9.49. The van der Waals surface area contributed by atoms with Gasteiger partial charge in [-0.1, -0.05) is 54.1 Å². The average molecular weight is 1670 g/mol. The molecule has 10 aromatic rings. The Bertz CT molecular complexity index is 4960. The van der Waals surface area contributed by atoms with Gasteiger partial charge >= 0.3 is 21.1 Å². The minimum atomic E-state index is -1.29. The van der Waals surface area contributed by atoms with Crippen LogP contribution in [0.3, 0.4) is 0 Å². The van der Waals surface area contributed by atoms with Gasteiger partial charge in [-0.05, 0) is 201 Å². The first-order valence-electron chi connectivity index (χ1n) is 37.3. The number of rotatable bonds is 14. The van der Waals surface area contributed by atoms with Gasteiger partial charge in [0.05, 0.1) is 103 Å². The Hall–Kier alpha value is -8.46. The molecule has 608 valence electrons. The molecular weight excluding hydrogens is 1580 g/mol. The van der Waals surface area contributed by atoms with Crippen LogP contribution < -0.4 is 29.5 Å². The molecule has 3 unspecified atom stereocenters. The summed E-state index contributed by atoms with van der Waals surface area (Å²) < 4.78 is 147. The van der Waals surface area contributed by atoms with E-state index in [1.807, 2.05) is 113 Å². The number of benzene rings is 8. The summed E-state index contributed by atoms with van der Waals surface area (Å²) in [6.07, 6.45) is -0.858. The molecule has 0 saturated carbocycles. The molecule has 0 aliphatic carbocycles. The predicted octanol–water partition coefficient (Wildman–Crippen LogP) is 16.0. The fourth-order valence-electron chi connectivity index (χ4n) is 12.9. The first-order chi connectivity index (χ1) is 54.3. The van der Waals surface area contributed by atoms with Gasteiger partial charge in [0.2, 0.25) is 0 Å². The highest BCUT2D eigenvalue weighted by atomic mass is 79.9. The van der Waals surface area contributed by atoms with E-state index in [0.29, 0.717) is 68.9 Å². The molecule has 5 fully saturated rings. The minimum Gasteiger partial charge on any atom is -0.497 e. The Kier molecular flexibility index (Phi) is 27.5. The Balaban J connectivity index is 0.000000145. The van der Waals surface area contributed by atoms with Gasteiger partial charge in [-0.15, -0.1) is 0 Å². The highest BCUT2D eigenvalue weighted by Crippen LogP contribution is 2.44. The summed E-state index contributed by atoms with van der Waals surface area (Å²) in [5.74, 6) is -2.85. The fraction of sp³-hybridized carbons (Fsp3) is 0.381. The topological polar surface area (TPSA) is 220 Å². The SMILES string of the molecule is CC1(C)OB(B2OC(C)(C)C(C)(C)O2)OC1(C)C.COc1ccc(C(O)c2cc(-c3ncnc4cc(N5CCOCC5)ccc34)c(F)cc2F)cc1.COc1ccc(C(O)c2cc(B3OC(C)(C)C(C)(C)O3)c(F)cc2F)cc1.COc1ccc(C(O)c2cc(Br)c(F)cc2F)cc1.Clc1ncnc2cc(N3CCOCC3)ccc12. The maximum absolute atomic E-state index is 15.0. The number of anilines is 2. The number of hydrogen-bond acceptors (Lipinski definition) is 20. The standard InChI is InChI=1S/C26H23F2N3O3.C20H23BF2O4.C14H11BrF2O2.C12H24B2O4.C12H12ClN3O/c1-33-18-5-2-16(3-6-18)26(32)21-13-20(22(27)14-23(21)28)25-19-7-4-17(12-24(19)29-15-30-25)31-8-10-34-11-9-31;1-19(2)20(3,4)27-21(26-19)15-10-14(16(22)11-17(15)23)18(24)12-6-8-13(25-5)9-7-12;1-19-9-4-2-8(3-5-9)14(18)10-6-11(15)13(17)7-12(10)16;1-9(2)10(3,4)16-13(15-9)14-17-11(5,6)12(7,8)18-14;13-12-10-2-1-9(7-11(10)14-8-15-12)16-3-5-17-6-4-16/h2-7,12-15,26,32H,8-11H2,1H3;6-11,18,24H,1-5H3;2-7,14,18H,1H3;1-8H3;1-2,7-8H,3-6H2. The number of morpholine rings is 2. The lowest BCUT2D eigenvalue weighted by Gasteiger charge is -2.32. The molecule has 5 aliphatic rings. The van der Waals surface area contributed by atoms with E-state index in [1.165, 1.54) is 52.2 Å². The van der Waals surface area contributed by atoms with Crippen LogP contribution in [0.4, 0.5) is 37.7 Å². The second-order valence-electron chi connectivity index (χ2n) is 30.9. The van der Waals surface area contributed by atoms with Crippen molar-refractivity contribution in [3.63, 3.8) is 0 Å². The van der Waals surface area contributed by atoms with Gasteiger partial charge < -0.3 is 76.7 Å². The molecule has 5 aliphatic heterocycles. The van der Waals surface area contributed by atoms with Crippen LogP contribution in [-0.2, 0) is 37.4 Å². The van der Waals surface area contributed by atoms with Crippen molar-refractivity contribution in [3.8, 4) is 28.5 Å². The molecule has 2 aromatic heterocycles. The molecule has 3 N–H and O–H groups in total. The lowest BCUT2D eigenvalue weighted by Crippen LogP contribution is -2.41. The van der Waals surface area contributed by atoms with Crippen molar-refractivity contribution in [3.05, 3.63) is 236 Å². The number of halogens is 8. The number of ether oxygens (including phenoxy) is 5. The number of methoxy groups -OCH3 is 3. The zero-order chi connectivity index (χ0) is 83.3. The number of nitrogens with zero attached hydrogens (tertiary/aromatic N) is 6. The minimum absolute atomic E-state index is 0.0124. The third-order valence-corrected chi connectivity index (χ3v) is 22.8. The van der Waals surface area contributed by atoms with Crippen molar-refractivity contribution in [1.29, 1.82) is 0 Å². The van der Waals surface area contributed by atoms with E-state index < -0.39 is 85.6 Å². The molecule has 20 nitrogen and oxygen atoms in total.